The number of nitrogens with zero attached hydrogens (tertiary/aromatic N) is 3. The Hall–Kier alpha value is -3.14. The normalized spacial score (nSPS) is 11.6. The molecule has 5 rings (SSSR count). The monoisotopic (exact) mass is 285 g/mol. The van der Waals surface area contributed by atoms with Crippen molar-refractivity contribution in [2.24, 2.45) is 0 Å². The van der Waals surface area contributed by atoms with E-state index in [1.807, 2.05) is 24.3 Å². The van der Waals surface area contributed by atoms with Crippen molar-refractivity contribution < 1.29 is 4.42 Å². The second kappa shape index (κ2) is 4.18. The minimum atomic E-state index is 0.865. The summed E-state index contributed by atoms with van der Waals surface area (Å²) in [7, 11) is 0. The molecular formula is C18H11N3O. The van der Waals surface area contributed by atoms with Gasteiger partial charge in [0.15, 0.2) is 0 Å². The first-order valence-electron chi connectivity index (χ1n) is 7.09. The molecule has 0 fully saturated rings. The average molecular weight is 285 g/mol. The summed E-state index contributed by atoms with van der Waals surface area (Å²) in [5.74, 6) is 0.865. The Kier molecular flexibility index (Phi) is 2.19. The topological polar surface area (TPSA) is 43.9 Å². The van der Waals surface area contributed by atoms with Crippen molar-refractivity contribution in [2.45, 2.75) is 0 Å². The molecule has 0 N–H and O–H groups in total. The van der Waals surface area contributed by atoms with E-state index in [2.05, 4.69) is 38.8 Å². The molecule has 0 aliphatic heterocycles. The maximum Gasteiger partial charge on any atom is 0.140 e. The summed E-state index contributed by atoms with van der Waals surface area (Å²) in [5, 5.41) is 3.52. The van der Waals surface area contributed by atoms with Gasteiger partial charge in [-0.3, -0.25) is 4.57 Å². The molecule has 4 heteroatoms. The lowest BCUT2D eigenvalue weighted by atomic mass is 10.1. The Bertz CT molecular complexity index is 1120. The maximum absolute atomic E-state index is 5.55. The molecule has 0 saturated heterocycles. The van der Waals surface area contributed by atoms with Crippen LogP contribution in [0, 0.1) is 0 Å². The van der Waals surface area contributed by atoms with E-state index in [1.54, 1.807) is 18.8 Å². The van der Waals surface area contributed by atoms with Crippen LogP contribution in [0.5, 0.6) is 0 Å². The summed E-state index contributed by atoms with van der Waals surface area (Å²) >= 11 is 0. The van der Waals surface area contributed by atoms with Crippen molar-refractivity contribution in [2.75, 3.05) is 0 Å². The minimum Gasteiger partial charge on any atom is -0.464 e. The third kappa shape index (κ3) is 1.41. The van der Waals surface area contributed by atoms with Gasteiger partial charge < -0.3 is 4.42 Å². The Morgan fingerprint density at radius 2 is 1.82 bits per heavy atom. The predicted octanol–water partition coefficient (Wildman–Crippen LogP) is 4.32. The quantitative estimate of drug-likeness (QED) is 0.460. The lowest BCUT2D eigenvalue weighted by Crippen LogP contribution is -1.96. The number of para-hydroxylation sites is 1. The lowest BCUT2D eigenvalue weighted by Gasteiger charge is -2.05. The molecule has 0 radical (unpaired) electrons. The van der Waals surface area contributed by atoms with Crippen LogP contribution in [0.2, 0.25) is 0 Å². The number of benzene rings is 2. The predicted molar refractivity (Wildman–Crippen MR) is 86.1 cm³/mol. The molecule has 0 atom stereocenters. The summed E-state index contributed by atoms with van der Waals surface area (Å²) in [4.78, 5) is 8.44. The van der Waals surface area contributed by atoms with E-state index < -0.39 is 0 Å². The lowest BCUT2D eigenvalue weighted by molar-refractivity contribution is 0.616. The first-order chi connectivity index (χ1) is 10.9. The second-order valence-electron chi connectivity index (χ2n) is 5.21. The van der Waals surface area contributed by atoms with E-state index in [4.69, 9.17) is 4.42 Å². The van der Waals surface area contributed by atoms with Gasteiger partial charge in [-0.05, 0) is 30.3 Å². The van der Waals surface area contributed by atoms with Crippen LogP contribution in [0.15, 0.2) is 71.7 Å². The standard InChI is InChI=1S/C18H11N3O/c1-2-4-14-12(3-1)18-13-8-10-22-16(13)6-5-15(18)21(14)17-7-9-19-11-20-17/h1-11H. The van der Waals surface area contributed by atoms with Crippen LogP contribution in [0.4, 0.5) is 0 Å². The Morgan fingerprint density at radius 3 is 2.73 bits per heavy atom. The van der Waals surface area contributed by atoms with Crippen molar-refractivity contribution in [3.63, 3.8) is 0 Å². The summed E-state index contributed by atoms with van der Waals surface area (Å²) < 4.78 is 7.72. The van der Waals surface area contributed by atoms with E-state index >= 15 is 0 Å². The molecule has 3 aromatic heterocycles. The molecule has 0 bridgehead atoms. The van der Waals surface area contributed by atoms with Gasteiger partial charge in [0.05, 0.1) is 17.3 Å². The first-order valence-corrected chi connectivity index (χ1v) is 7.09. The molecule has 0 amide bonds. The summed E-state index contributed by atoms with van der Waals surface area (Å²) in [5.41, 5.74) is 3.15. The van der Waals surface area contributed by atoms with E-state index in [9.17, 15) is 0 Å². The van der Waals surface area contributed by atoms with Gasteiger partial charge in [0.25, 0.3) is 0 Å². The zero-order chi connectivity index (χ0) is 14.5. The molecule has 0 unspecified atom stereocenters. The van der Waals surface area contributed by atoms with Crippen molar-refractivity contribution >= 4 is 32.8 Å². The molecule has 5 aromatic rings. The largest absolute Gasteiger partial charge is 0.464 e. The van der Waals surface area contributed by atoms with Crippen molar-refractivity contribution in [1.29, 1.82) is 0 Å². The van der Waals surface area contributed by atoms with Crippen LogP contribution < -0.4 is 0 Å². The van der Waals surface area contributed by atoms with Crippen molar-refractivity contribution in [3.05, 3.63) is 67.3 Å². The van der Waals surface area contributed by atoms with Crippen LogP contribution >= 0.6 is 0 Å². The Balaban J connectivity index is 2.08. The molecule has 0 saturated carbocycles. The van der Waals surface area contributed by atoms with Crippen LogP contribution in [-0.4, -0.2) is 14.5 Å². The highest BCUT2D eigenvalue weighted by Crippen LogP contribution is 2.36. The smallest absolute Gasteiger partial charge is 0.140 e. The molecule has 0 spiro atoms. The minimum absolute atomic E-state index is 0.865. The van der Waals surface area contributed by atoms with Gasteiger partial charge in [-0.1, -0.05) is 18.2 Å². The fraction of sp³-hybridized carbons (Fsp3) is 0. The fourth-order valence-electron chi connectivity index (χ4n) is 3.17. The van der Waals surface area contributed by atoms with Crippen LogP contribution in [0.1, 0.15) is 0 Å². The maximum atomic E-state index is 5.55. The first kappa shape index (κ1) is 11.5. The molecule has 3 heterocycles. The highest BCUT2D eigenvalue weighted by Gasteiger charge is 2.15. The molecule has 0 aliphatic rings. The highest BCUT2D eigenvalue weighted by molar-refractivity contribution is 6.20. The molecule has 22 heavy (non-hydrogen) atoms. The highest BCUT2D eigenvalue weighted by atomic mass is 16.3. The van der Waals surface area contributed by atoms with Gasteiger partial charge in [-0.2, -0.15) is 0 Å². The number of fused-ring (bicyclic) bond motifs is 5. The van der Waals surface area contributed by atoms with Gasteiger partial charge in [-0.15, -0.1) is 0 Å². The SMILES string of the molecule is c1ccc2c(c1)c1c3ccoc3ccc1n2-c1ccncn1. The zero-order valence-electron chi connectivity index (χ0n) is 11.6. The van der Waals surface area contributed by atoms with Gasteiger partial charge >= 0.3 is 0 Å². The number of rotatable bonds is 1. The number of aromatic nitrogens is 3. The fourth-order valence-corrected chi connectivity index (χ4v) is 3.17. The number of furan rings is 1. The summed E-state index contributed by atoms with van der Waals surface area (Å²) in [6.45, 7) is 0. The average Bonchev–Trinajstić information content (AvgIpc) is 3.17. The summed E-state index contributed by atoms with van der Waals surface area (Å²) in [6, 6.07) is 16.4. The van der Waals surface area contributed by atoms with Crippen LogP contribution in [-0.2, 0) is 0 Å². The third-order valence-corrected chi connectivity index (χ3v) is 4.06. The number of hydrogen-bond donors (Lipinski definition) is 0. The Labute approximate surface area is 125 Å². The molecule has 2 aromatic carbocycles. The van der Waals surface area contributed by atoms with Crippen LogP contribution in [0.25, 0.3) is 38.6 Å². The molecule has 0 aliphatic carbocycles. The van der Waals surface area contributed by atoms with Gasteiger partial charge in [0.1, 0.15) is 17.7 Å². The zero-order valence-corrected chi connectivity index (χ0v) is 11.6. The van der Waals surface area contributed by atoms with E-state index in [0.717, 1.165) is 27.8 Å². The summed E-state index contributed by atoms with van der Waals surface area (Å²) in [6.07, 6.45) is 5.08. The molecular weight excluding hydrogens is 274 g/mol. The molecule has 4 nitrogen and oxygen atoms in total. The third-order valence-electron chi connectivity index (χ3n) is 4.06. The second-order valence-corrected chi connectivity index (χ2v) is 5.21. The van der Waals surface area contributed by atoms with E-state index in [1.165, 1.54) is 10.8 Å². The van der Waals surface area contributed by atoms with Gasteiger partial charge in [-0.25, -0.2) is 9.97 Å². The van der Waals surface area contributed by atoms with Gasteiger partial charge in [0.2, 0.25) is 0 Å². The van der Waals surface area contributed by atoms with E-state index in [0.29, 0.717) is 0 Å². The molecule has 104 valence electrons. The Morgan fingerprint density at radius 1 is 0.864 bits per heavy atom. The van der Waals surface area contributed by atoms with Gasteiger partial charge in [0, 0.05) is 22.4 Å². The number of hydrogen-bond acceptors (Lipinski definition) is 3. The van der Waals surface area contributed by atoms with Crippen molar-refractivity contribution in [3.8, 4) is 5.82 Å². The van der Waals surface area contributed by atoms with E-state index in [-0.39, 0.29) is 0 Å². The van der Waals surface area contributed by atoms with Crippen LogP contribution in [0.3, 0.4) is 0 Å². The van der Waals surface area contributed by atoms with Crippen molar-refractivity contribution in [1.82, 2.24) is 14.5 Å².